The van der Waals surface area contributed by atoms with Crippen LogP contribution in [0.3, 0.4) is 0 Å². The molecule has 1 N–H and O–H groups in total. The van der Waals surface area contributed by atoms with Gasteiger partial charge in [0, 0.05) is 0 Å². The monoisotopic (exact) mass is 159 g/mol. The third-order valence-electron chi connectivity index (χ3n) is 1.20. The average Bonchev–Trinajstić information content (AvgIpc) is 2.01. The molecule has 0 atom stereocenters. The molecule has 0 fully saturated rings. The predicted molar refractivity (Wildman–Crippen MR) is 33.9 cm³/mol. The smallest absolute Gasteiger partial charge is 0.329 e. The summed E-state index contributed by atoms with van der Waals surface area (Å²) in [7, 11) is 0.373. The zero-order valence-electron chi connectivity index (χ0n) is 5.31. The summed E-state index contributed by atoms with van der Waals surface area (Å²) in [4.78, 5) is 0. The maximum absolute atomic E-state index is 12.5. The van der Waals surface area contributed by atoms with Crippen molar-refractivity contribution >= 4 is 12.9 Å². The van der Waals surface area contributed by atoms with Gasteiger partial charge in [0.05, 0.1) is 0 Å². The van der Waals surface area contributed by atoms with Crippen LogP contribution in [0, 0.1) is 17.5 Å². The highest BCUT2D eigenvalue weighted by Gasteiger charge is 2.12. The van der Waals surface area contributed by atoms with Crippen molar-refractivity contribution in [3.05, 3.63) is 29.6 Å². The van der Waals surface area contributed by atoms with Gasteiger partial charge in [0.1, 0.15) is 0 Å². The van der Waals surface area contributed by atoms with Crippen LogP contribution in [0.25, 0.3) is 0 Å². The average molecular weight is 159 g/mol. The van der Waals surface area contributed by atoms with Crippen molar-refractivity contribution < 1.29 is 18.2 Å². The number of rotatable bonds is 1. The summed E-state index contributed by atoms with van der Waals surface area (Å²) in [6, 6.07) is 1.67. The van der Waals surface area contributed by atoms with Crippen molar-refractivity contribution in [3.8, 4) is 0 Å². The molecule has 0 amide bonds. The molecule has 0 aliphatic carbocycles. The van der Waals surface area contributed by atoms with E-state index in [1.807, 2.05) is 0 Å². The lowest BCUT2D eigenvalue weighted by Gasteiger charge is -1.98. The van der Waals surface area contributed by atoms with Crippen LogP contribution in [-0.4, -0.2) is 12.5 Å². The van der Waals surface area contributed by atoms with E-state index in [-0.39, 0.29) is 5.46 Å². The van der Waals surface area contributed by atoms with E-state index >= 15 is 0 Å². The van der Waals surface area contributed by atoms with E-state index < -0.39 is 17.5 Å². The van der Waals surface area contributed by atoms with E-state index in [1.165, 1.54) is 0 Å². The molecule has 0 unspecified atom stereocenters. The van der Waals surface area contributed by atoms with Gasteiger partial charge in [0.15, 0.2) is 17.5 Å². The third kappa shape index (κ3) is 1.37. The minimum Gasteiger partial charge on any atom is -0.450 e. The molecular weight excluding hydrogens is 156 g/mol. The molecule has 0 saturated carbocycles. The van der Waals surface area contributed by atoms with E-state index in [0.29, 0.717) is 7.48 Å². The van der Waals surface area contributed by atoms with E-state index in [0.717, 1.165) is 12.1 Å². The number of benzene rings is 1. The quantitative estimate of drug-likeness (QED) is 0.462. The first-order valence-corrected chi connectivity index (χ1v) is 2.77. The number of hydrogen-bond donors (Lipinski definition) is 1. The Hall–Kier alpha value is -0.965. The molecule has 0 aromatic heterocycles. The second-order valence-corrected chi connectivity index (χ2v) is 1.89. The Labute approximate surface area is 61.7 Å². The largest absolute Gasteiger partial charge is 0.450 e. The molecule has 5 heteroatoms. The summed E-state index contributed by atoms with van der Waals surface area (Å²) in [6.07, 6.45) is 0. The van der Waals surface area contributed by atoms with Gasteiger partial charge < -0.3 is 5.02 Å². The van der Waals surface area contributed by atoms with Crippen molar-refractivity contribution in [2.45, 2.75) is 0 Å². The fraction of sp³-hybridized carbons (Fsp3) is 0. The van der Waals surface area contributed by atoms with Gasteiger partial charge in [0.25, 0.3) is 0 Å². The summed E-state index contributed by atoms with van der Waals surface area (Å²) in [5.74, 6) is -4.23. The second kappa shape index (κ2) is 2.96. The highest BCUT2D eigenvalue weighted by atomic mass is 19.2. The molecule has 0 heterocycles. The van der Waals surface area contributed by atoms with Crippen LogP contribution in [0.4, 0.5) is 13.2 Å². The lowest BCUT2D eigenvalue weighted by atomic mass is 9.88. The number of hydrogen-bond acceptors (Lipinski definition) is 1. The van der Waals surface area contributed by atoms with Gasteiger partial charge in [-0.2, -0.15) is 0 Å². The van der Waals surface area contributed by atoms with Crippen molar-refractivity contribution in [2.75, 3.05) is 0 Å². The minimum atomic E-state index is -1.58. The van der Waals surface area contributed by atoms with Crippen LogP contribution in [0.1, 0.15) is 0 Å². The summed E-state index contributed by atoms with van der Waals surface area (Å²) in [5.41, 5.74) is -0.371. The molecule has 1 radical (unpaired) electrons. The van der Waals surface area contributed by atoms with Crippen LogP contribution >= 0.6 is 0 Å². The summed E-state index contributed by atoms with van der Waals surface area (Å²) >= 11 is 0. The summed E-state index contributed by atoms with van der Waals surface area (Å²) in [5, 5.41) is 8.28. The topological polar surface area (TPSA) is 20.2 Å². The maximum atomic E-state index is 12.5. The molecule has 0 spiro atoms. The van der Waals surface area contributed by atoms with Crippen LogP contribution in [0.15, 0.2) is 12.1 Å². The molecular formula is C6H3BF3O. The lowest BCUT2D eigenvalue weighted by Crippen LogP contribution is -2.20. The molecule has 1 rings (SSSR count). The second-order valence-electron chi connectivity index (χ2n) is 1.89. The minimum absolute atomic E-state index is 0.371. The third-order valence-corrected chi connectivity index (χ3v) is 1.20. The predicted octanol–water partition coefficient (Wildman–Crippen LogP) is 0.341. The maximum Gasteiger partial charge on any atom is 0.329 e. The van der Waals surface area contributed by atoms with E-state index in [9.17, 15) is 13.2 Å². The van der Waals surface area contributed by atoms with E-state index in [4.69, 9.17) is 5.02 Å². The van der Waals surface area contributed by atoms with Crippen molar-refractivity contribution in [2.24, 2.45) is 0 Å². The lowest BCUT2D eigenvalue weighted by molar-refractivity contribution is 0.449. The van der Waals surface area contributed by atoms with Gasteiger partial charge in [-0.3, -0.25) is 0 Å². The Morgan fingerprint density at radius 3 is 2.27 bits per heavy atom. The Morgan fingerprint density at radius 1 is 1.09 bits per heavy atom. The van der Waals surface area contributed by atoms with Gasteiger partial charge in [-0.25, -0.2) is 13.2 Å². The van der Waals surface area contributed by atoms with Gasteiger partial charge in [-0.05, 0) is 11.5 Å². The van der Waals surface area contributed by atoms with Gasteiger partial charge in [0.2, 0.25) is 0 Å². The van der Waals surface area contributed by atoms with Gasteiger partial charge >= 0.3 is 7.48 Å². The molecule has 0 aliphatic rings. The van der Waals surface area contributed by atoms with E-state index in [1.54, 1.807) is 0 Å². The van der Waals surface area contributed by atoms with Gasteiger partial charge in [-0.1, -0.05) is 6.07 Å². The molecule has 11 heavy (non-hydrogen) atoms. The molecule has 1 aromatic carbocycles. The fourth-order valence-corrected chi connectivity index (χ4v) is 0.641. The normalized spacial score (nSPS) is 9.82. The highest BCUT2D eigenvalue weighted by molar-refractivity contribution is 6.45. The number of halogens is 3. The first kappa shape index (κ1) is 8.13. The van der Waals surface area contributed by atoms with Crippen LogP contribution in [-0.2, 0) is 0 Å². The Morgan fingerprint density at radius 2 is 1.73 bits per heavy atom. The molecule has 1 nitrogen and oxygen atoms in total. The van der Waals surface area contributed by atoms with Crippen LogP contribution in [0.2, 0.25) is 0 Å². The summed E-state index contributed by atoms with van der Waals surface area (Å²) < 4.78 is 36.9. The zero-order valence-corrected chi connectivity index (χ0v) is 5.31. The SMILES string of the molecule is O[B]c1ccc(F)c(F)c1F. The first-order chi connectivity index (χ1) is 5.16. The van der Waals surface area contributed by atoms with Crippen LogP contribution < -0.4 is 5.46 Å². The highest BCUT2D eigenvalue weighted by Crippen LogP contribution is 2.06. The van der Waals surface area contributed by atoms with Crippen molar-refractivity contribution in [1.82, 2.24) is 0 Å². The Balaban J connectivity index is 3.25. The standard InChI is InChI=1S/C6H3BF3O/c8-4-2-1-3(7-11)5(9)6(4)10/h1-2,11H. The van der Waals surface area contributed by atoms with E-state index in [2.05, 4.69) is 0 Å². The van der Waals surface area contributed by atoms with Crippen molar-refractivity contribution in [1.29, 1.82) is 0 Å². The zero-order chi connectivity index (χ0) is 8.43. The molecule has 0 bridgehead atoms. The first-order valence-electron chi connectivity index (χ1n) is 2.77. The van der Waals surface area contributed by atoms with Crippen molar-refractivity contribution in [3.63, 3.8) is 0 Å². The van der Waals surface area contributed by atoms with Crippen LogP contribution in [0.5, 0.6) is 0 Å². The van der Waals surface area contributed by atoms with Gasteiger partial charge in [-0.15, -0.1) is 0 Å². The molecule has 0 saturated heterocycles. The Kier molecular flexibility index (Phi) is 2.19. The molecule has 1 aromatic rings. The molecule has 0 aliphatic heterocycles. The molecule has 57 valence electrons. The summed E-state index contributed by atoms with van der Waals surface area (Å²) in [6.45, 7) is 0. The Bertz CT molecular complexity index is 277. The fourth-order valence-electron chi connectivity index (χ4n) is 0.641.